The number of aryl methyl sites for hydroxylation is 4. The molecule has 2 aliphatic heterocycles. The molecule has 188 valence electrons. The standard InChI is InChI=1S/C36H27NO2/c1-20-16-24-28(18-22(20)3)36(29-19-23(4)21(2)17-25(29)35(24)38)26-10-5-6-12-30(26)37-31-13-7-8-14-32(31)39-33-15-9-11-27(36)34(33)37/h5-19H,1-4H3. The highest BCUT2D eigenvalue weighted by Crippen LogP contribution is 2.64. The zero-order chi connectivity index (χ0) is 26.6. The monoisotopic (exact) mass is 505 g/mol. The second-order valence-corrected chi connectivity index (χ2v) is 11.1. The molecule has 39 heavy (non-hydrogen) atoms. The summed E-state index contributed by atoms with van der Waals surface area (Å²) in [6, 6.07) is 32.0. The Morgan fingerprint density at radius 1 is 0.564 bits per heavy atom. The minimum atomic E-state index is -0.677. The van der Waals surface area contributed by atoms with E-state index in [2.05, 4.69) is 111 Å². The predicted molar refractivity (Wildman–Crippen MR) is 155 cm³/mol. The summed E-state index contributed by atoms with van der Waals surface area (Å²) >= 11 is 0. The molecule has 0 saturated carbocycles. The van der Waals surface area contributed by atoms with Gasteiger partial charge in [0, 0.05) is 11.1 Å². The van der Waals surface area contributed by atoms with Crippen LogP contribution in [0.3, 0.4) is 0 Å². The van der Waals surface area contributed by atoms with Crippen molar-refractivity contribution >= 4 is 22.8 Å². The first-order chi connectivity index (χ1) is 18.9. The first-order valence-corrected chi connectivity index (χ1v) is 13.5. The number of carbonyl (C=O) groups is 1. The smallest absolute Gasteiger partial charge is 0.193 e. The second kappa shape index (κ2) is 7.48. The Hall–Kier alpha value is -4.63. The molecule has 0 aromatic heterocycles. The fourth-order valence-corrected chi connectivity index (χ4v) is 6.99. The molecular formula is C36H27NO2. The molecule has 8 rings (SSSR count). The van der Waals surface area contributed by atoms with Crippen molar-refractivity contribution in [3.8, 4) is 11.5 Å². The number of para-hydroxylation sites is 4. The van der Waals surface area contributed by atoms with Crippen molar-refractivity contribution in [3.05, 3.63) is 147 Å². The Kier molecular flexibility index (Phi) is 4.29. The van der Waals surface area contributed by atoms with Gasteiger partial charge in [0.05, 0.1) is 22.5 Å². The van der Waals surface area contributed by atoms with Crippen molar-refractivity contribution in [2.75, 3.05) is 4.90 Å². The van der Waals surface area contributed by atoms with Gasteiger partial charge in [0.2, 0.25) is 0 Å². The maximum atomic E-state index is 14.2. The summed E-state index contributed by atoms with van der Waals surface area (Å²) in [6.45, 7) is 8.48. The number of nitrogens with zero attached hydrogens (tertiary/aromatic N) is 1. The number of anilines is 3. The summed E-state index contributed by atoms with van der Waals surface area (Å²) in [4.78, 5) is 16.6. The highest BCUT2D eigenvalue weighted by Gasteiger charge is 2.53. The summed E-state index contributed by atoms with van der Waals surface area (Å²) in [7, 11) is 0. The first kappa shape index (κ1) is 22.4. The Balaban J connectivity index is 1.61. The normalized spacial score (nSPS) is 15.1. The van der Waals surface area contributed by atoms with Gasteiger partial charge in [-0.3, -0.25) is 4.79 Å². The molecule has 0 bridgehead atoms. The SMILES string of the molecule is Cc1cc2c(cc1C)C1(c3cc(C)c(C)cc3C2=O)c2ccccc2N2c3ccccc3Oc3cccc1c32. The van der Waals surface area contributed by atoms with Gasteiger partial charge in [0.15, 0.2) is 17.3 Å². The predicted octanol–water partition coefficient (Wildman–Crippen LogP) is 8.74. The van der Waals surface area contributed by atoms with Gasteiger partial charge in [0.1, 0.15) is 0 Å². The van der Waals surface area contributed by atoms with Crippen LogP contribution < -0.4 is 9.64 Å². The highest BCUT2D eigenvalue weighted by molar-refractivity contribution is 6.15. The lowest BCUT2D eigenvalue weighted by Crippen LogP contribution is -2.43. The molecule has 0 N–H and O–H groups in total. The number of ether oxygens (including phenoxy) is 1. The largest absolute Gasteiger partial charge is 0.453 e. The molecule has 1 spiro atoms. The molecule has 1 aliphatic carbocycles. The Bertz CT molecular complexity index is 1850. The van der Waals surface area contributed by atoms with Gasteiger partial charge in [-0.25, -0.2) is 0 Å². The number of carbonyl (C=O) groups excluding carboxylic acids is 1. The van der Waals surface area contributed by atoms with Crippen LogP contribution in [0.5, 0.6) is 11.5 Å². The molecule has 5 aromatic rings. The summed E-state index contributed by atoms with van der Waals surface area (Å²) in [5.41, 5.74) is 13.1. The third-order valence-corrected chi connectivity index (χ3v) is 9.07. The average Bonchev–Trinajstić information content (AvgIpc) is 2.95. The van der Waals surface area contributed by atoms with Crippen molar-refractivity contribution in [3.63, 3.8) is 0 Å². The molecule has 0 saturated heterocycles. The van der Waals surface area contributed by atoms with Crippen LogP contribution in [0.25, 0.3) is 0 Å². The van der Waals surface area contributed by atoms with Crippen molar-refractivity contribution < 1.29 is 9.53 Å². The third-order valence-electron chi connectivity index (χ3n) is 9.07. The van der Waals surface area contributed by atoms with E-state index in [-0.39, 0.29) is 5.78 Å². The minimum Gasteiger partial charge on any atom is -0.453 e. The number of rotatable bonds is 0. The molecule has 0 unspecified atom stereocenters. The third kappa shape index (κ3) is 2.65. The topological polar surface area (TPSA) is 29.5 Å². The molecule has 3 nitrogen and oxygen atoms in total. The molecule has 3 aliphatic rings. The molecule has 3 heteroatoms. The molecule has 0 fully saturated rings. The maximum absolute atomic E-state index is 14.2. The van der Waals surface area contributed by atoms with Crippen LogP contribution >= 0.6 is 0 Å². The fraction of sp³-hybridized carbons (Fsp3) is 0.139. The van der Waals surface area contributed by atoms with Gasteiger partial charge in [-0.15, -0.1) is 0 Å². The number of ketones is 1. The van der Waals surface area contributed by atoms with Crippen LogP contribution in [-0.2, 0) is 5.41 Å². The van der Waals surface area contributed by atoms with E-state index in [0.717, 1.165) is 67.5 Å². The number of hydrogen-bond donors (Lipinski definition) is 0. The minimum absolute atomic E-state index is 0.100. The van der Waals surface area contributed by atoms with Crippen LogP contribution in [0.2, 0.25) is 0 Å². The van der Waals surface area contributed by atoms with Crippen molar-refractivity contribution in [1.82, 2.24) is 0 Å². The van der Waals surface area contributed by atoms with E-state index in [4.69, 9.17) is 4.74 Å². The fourth-order valence-electron chi connectivity index (χ4n) is 6.99. The van der Waals surface area contributed by atoms with E-state index >= 15 is 0 Å². The van der Waals surface area contributed by atoms with Gasteiger partial charge < -0.3 is 9.64 Å². The van der Waals surface area contributed by atoms with Crippen molar-refractivity contribution in [1.29, 1.82) is 0 Å². The number of fused-ring (bicyclic) bond motifs is 10. The van der Waals surface area contributed by atoms with Crippen LogP contribution in [0, 0.1) is 27.7 Å². The van der Waals surface area contributed by atoms with E-state index < -0.39 is 5.41 Å². The molecular weight excluding hydrogens is 478 g/mol. The highest BCUT2D eigenvalue weighted by atomic mass is 16.5. The van der Waals surface area contributed by atoms with E-state index in [9.17, 15) is 4.79 Å². The second-order valence-electron chi connectivity index (χ2n) is 11.1. The molecule has 5 aromatic carbocycles. The lowest BCUT2D eigenvalue weighted by atomic mass is 9.56. The molecule has 2 heterocycles. The van der Waals surface area contributed by atoms with E-state index in [0.29, 0.717) is 0 Å². The van der Waals surface area contributed by atoms with Gasteiger partial charge in [-0.1, -0.05) is 54.6 Å². The van der Waals surface area contributed by atoms with Crippen LogP contribution in [-0.4, -0.2) is 5.78 Å². The lowest BCUT2D eigenvalue weighted by Gasteiger charge is -2.50. The zero-order valence-corrected chi connectivity index (χ0v) is 22.4. The van der Waals surface area contributed by atoms with Crippen molar-refractivity contribution in [2.24, 2.45) is 0 Å². The van der Waals surface area contributed by atoms with Gasteiger partial charge >= 0.3 is 0 Å². The van der Waals surface area contributed by atoms with E-state index in [1.807, 2.05) is 12.1 Å². The Morgan fingerprint density at radius 2 is 1.10 bits per heavy atom. The van der Waals surface area contributed by atoms with Crippen LogP contribution in [0.15, 0.2) is 91.0 Å². The van der Waals surface area contributed by atoms with Crippen LogP contribution in [0.1, 0.15) is 60.4 Å². The maximum Gasteiger partial charge on any atom is 0.193 e. The zero-order valence-electron chi connectivity index (χ0n) is 22.4. The summed E-state index contributed by atoms with van der Waals surface area (Å²) < 4.78 is 6.55. The van der Waals surface area contributed by atoms with Gasteiger partial charge in [-0.05, 0) is 109 Å². The Morgan fingerprint density at radius 3 is 1.79 bits per heavy atom. The van der Waals surface area contributed by atoms with E-state index in [1.165, 1.54) is 16.7 Å². The summed E-state index contributed by atoms with van der Waals surface area (Å²) in [6.07, 6.45) is 0. The first-order valence-electron chi connectivity index (χ1n) is 13.5. The summed E-state index contributed by atoms with van der Waals surface area (Å²) in [5.74, 6) is 1.77. The number of hydrogen-bond acceptors (Lipinski definition) is 3. The molecule has 0 atom stereocenters. The Labute approximate surface area is 228 Å². The van der Waals surface area contributed by atoms with E-state index in [1.54, 1.807) is 0 Å². The van der Waals surface area contributed by atoms with Crippen LogP contribution in [0.4, 0.5) is 17.1 Å². The summed E-state index contributed by atoms with van der Waals surface area (Å²) in [5, 5.41) is 0. The lowest BCUT2D eigenvalue weighted by molar-refractivity contribution is 0.103. The van der Waals surface area contributed by atoms with Gasteiger partial charge in [0.25, 0.3) is 0 Å². The number of benzene rings is 5. The van der Waals surface area contributed by atoms with Crippen molar-refractivity contribution in [2.45, 2.75) is 33.1 Å². The molecule has 0 radical (unpaired) electrons. The van der Waals surface area contributed by atoms with Gasteiger partial charge in [-0.2, -0.15) is 0 Å². The molecule has 0 amide bonds. The quantitative estimate of drug-likeness (QED) is 0.206. The average molecular weight is 506 g/mol.